The Labute approximate surface area is 84.8 Å². The molecule has 0 amide bonds. The molecule has 14 heavy (non-hydrogen) atoms. The third kappa shape index (κ3) is 6.62. The number of hydrogen-bond donors (Lipinski definition) is 0. The number of hydrogen-bond acceptors (Lipinski definition) is 4. The summed E-state index contributed by atoms with van der Waals surface area (Å²) in [6.45, 7) is 4.99. The van der Waals surface area contributed by atoms with Gasteiger partial charge in [0.15, 0.2) is 6.29 Å². The number of carbonyl (C=O) groups excluding carboxylic acids is 1. The van der Waals surface area contributed by atoms with Gasteiger partial charge in [0.05, 0.1) is 7.11 Å². The van der Waals surface area contributed by atoms with Crippen LogP contribution in [0.4, 0.5) is 0 Å². The predicted octanol–water partition coefficient (Wildman–Crippen LogP) is 1.50. The van der Waals surface area contributed by atoms with E-state index in [0.29, 0.717) is 19.6 Å². The highest BCUT2D eigenvalue weighted by atomic mass is 16.7. The molecular formula is C10H18O4. The molecular weight excluding hydrogens is 184 g/mol. The molecule has 0 fully saturated rings. The van der Waals surface area contributed by atoms with Crippen LogP contribution in [0.5, 0.6) is 0 Å². The minimum absolute atomic E-state index is 0.272. The largest absolute Gasteiger partial charge is 0.466 e. The lowest BCUT2D eigenvalue weighted by Crippen LogP contribution is -2.16. The second-order valence-corrected chi connectivity index (χ2v) is 2.50. The number of rotatable bonds is 7. The number of carbonyl (C=O) groups is 1. The van der Waals surface area contributed by atoms with Crippen molar-refractivity contribution in [3.8, 4) is 0 Å². The smallest absolute Gasteiger partial charge is 0.330 e. The Bertz CT molecular complexity index is 171. The molecule has 0 atom stereocenters. The zero-order chi connectivity index (χ0) is 10.8. The van der Waals surface area contributed by atoms with Crippen LogP contribution in [0.25, 0.3) is 0 Å². The Balaban J connectivity index is 3.79. The maximum Gasteiger partial charge on any atom is 0.330 e. The normalized spacial score (nSPS) is 11.1. The zero-order valence-corrected chi connectivity index (χ0v) is 8.99. The third-order valence-electron chi connectivity index (χ3n) is 1.49. The van der Waals surface area contributed by atoms with Crippen molar-refractivity contribution in [2.45, 2.75) is 26.6 Å². The van der Waals surface area contributed by atoms with Crippen LogP contribution in [-0.4, -0.2) is 32.6 Å². The van der Waals surface area contributed by atoms with E-state index >= 15 is 0 Å². The summed E-state index contributed by atoms with van der Waals surface area (Å²) in [6.07, 6.45) is 3.33. The molecule has 0 saturated heterocycles. The van der Waals surface area contributed by atoms with Crippen LogP contribution in [0.1, 0.15) is 20.3 Å². The highest BCUT2D eigenvalue weighted by Crippen LogP contribution is 2.01. The molecule has 82 valence electrons. The van der Waals surface area contributed by atoms with Crippen molar-refractivity contribution in [2.75, 3.05) is 20.3 Å². The zero-order valence-electron chi connectivity index (χ0n) is 8.99. The van der Waals surface area contributed by atoms with Gasteiger partial charge in [-0.15, -0.1) is 0 Å². The van der Waals surface area contributed by atoms with Gasteiger partial charge in [-0.3, -0.25) is 0 Å². The Morgan fingerprint density at radius 3 is 2.29 bits per heavy atom. The first kappa shape index (κ1) is 13.1. The van der Waals surface area contributed by atoms with Gasteiger partial charge < -0.3 is 14.2 Å². The Morgan fingerprint density at radius 1 is 1.29 bits per heavy atom. The fourth-order valence-electron chi connectivity index (χ4n) is 0.899. The molecule has 0 radical (unpaired) electrons. The van der Waals surface area contributed by atoms with E-state index in [1.165, 1.54) is 13.2 Å². The van der Waals surface area contributed by atoms with E-state index < -0.39 is 0 Å². The van der Waals surface area contributed by atoms with Crippen molar-refractivity contribution >= 4 is 5.97 Å². The van der Waals surface area contributed by atoms with Gasteiger partial charge in [-0.05, 0) is 13.8 Å². The van der Waals surface area contributed by atoms with Gasteiger partial charge >= 0.3 is 5.97 Å². The number of ether oxygens (including phenoxy) is 3. The van der Waals surface area contributed by atoms with Crippen LogP contribution >= 0.6 is 0 Å². The molecule has 0 aliphatic rings. The molecule has 0 aromatic heterocycles. The van der Waals surface area contributed by atoms with E-state index in [2.05, 4.69) is 4.74 Å². The maximum absolute atomic E-state index is 10.7. The van der Waals surface area contributed by atoms with Crippen LogP contribution < -0.4 is 0 Å². The van der Waals surface area contributed by atoms with Crippen molar-refractivity contribution in [3.05, 3.63) is 12.2 Å². The highest BCUT2D eigenvalue weighted by molar-refractivity contribution is 5.81. The van der Waals surface area contributed by atoms with Crippen molar-refractivity contribution < 1.29 is 19.0 Å². The summed E-state index contributed by atoms with van der Waals surface area (Å²) < 4.78 is 15.0. The van der Waals surface area contributed by atoms with Crippen LogP contribution in [0.2, 0.25) is 0 Å². The van der Waals surface area contributed by atoms with E-state index in [-0.39, 0.29) is 12.3 Å². The summed E-state index contributed by atoms with van der Waals surface area (Å²) >= 11 is 0. The molecule has 0 saturated carbocycles. The molecule has 0 rings (SSSR count). The highest BCUT2D eigenvalue weighted by Gasteiger charge is 2.04. The molecule has 4 nitrogen and oxygen atoms in total. The van der Waals surface area contributed by atoms with Gasteiger partial charge in [-0.25, -0.2) is 4.79 Å². The van der Waals surface area contributed by atoms with E-state index in [4.69, 9.17) is 9.47 Å². The average molecular weight is 202 g/mol. The lowest BCUT2D eigenvalue weighted by molar-refractivity contribution is -0.135. The lowest BCUT2D eigenvalue weighted by atomic mass is 10.3. The van der Waals surface area contributed by atoms with Crippen molar-refractivity contribution in [1.82, 2.24) is 0 Å². The van der Waals surface area contributed by atoms with Gasteiger partial charge in [0.25, 0.3) is 0 Å². The van der Waals surface area contributed by atoms with Gasteiger partial charge in [-0.2, -0.15) is 0 Å². The molecule has 0 aromatic rings. The van der Waals surface area contributed by atoms with Crippen LogP contribution in [0, 0.1) is 0 Å². The maximum atomic E-state index is 10.7. The fourth-order valence-corrected chi connectivity index (χ4v) is 0.899. The Morgan fingerprint density at radius 2 is 1.86 bits per heavy atom. The van der Waals surface area contributed by atoms with Crippen molar-refractivity contribution in [3.63, 3.8) is 0 Å². The Hall–Kier alpha value is -0.870. The van der Waals surface area contributed by atoms with E-state index in [1.54, 1.807) is 6.08 Å². The first-order chi connectivity index (χ1) is 6.74. The molecule has 4 heteroatoms. The second-order valence-electron chi connectivity index (χ2n) is 2.50. The minimum atomic E-state index is -0.364. The molecule has 0 bridgehead atoms. The summed E-state index contributed by atoms with van der Waals surface area (Å²) in [5, 5.41) is 0. The quantitative estimate of drug-likeness (QED) is 0.356. The standard InChI is InChI=1S/C10H18O4/c1-4-13-10(14-5-2)8-6-7-9(11)12-3/h6-7,10H,4-5,8H2,1-3H3/b7-6+. The molecule has 0 N–H and O–H groups in total. The Kier molecular flexibility index (Phi) is 8.17. The first-order valence-electron chi connectivity index (χ1n) is 4.72. The van der Waals surface area contributed by atoms with Crippen molar-refractivity contribution in [1.29, 1.82) is 0 Å². The predicted molar refractivity (Wildman–Crippen MR) is 52.8 cm³/mol. The number of esters is 1. The molecule has 0 aromatic carbocycles. The van der Waals surface area contributed by atoms with Gasteiger partial charge in [0.2, 0.25) is 0 Å². The SMILES string of the molecule is CCOC(C/C=C/C(=O)OC)OCC. The van der Waals surface area contributed by atoms with Crippen LogP contribution in [-0.2, 0) is 19.0 Å². The minimum Gasteiger partial charge on any atom is -0.466 e. The van der Waals surface area contributed by atoms with Gasteiger partial charge in [0, 0.05) is 25.7 Å². The average Bonchev–Trinajstić information content (AvgIpc) is 2.18. The fraction of sp³-hybridized carbons (Fsp3) is 0.700. The summed E-state index contributed by atoms with van der Waals surface area (Å²) in [6, 6.07) is 0. The summed E-state index contributed by atoms with van der Waals surface area (Å²) in [4.78, 5) is 10.7. The van der Waals surface area contributed by atoms with E-state index in [1.807, 2.05) is 13.8 Å². The van der Waals surface area contributed by atoms with Crippen LogP contribution in [0.15, 0.2) is 12.2 Å². The summed E-state index contributed by atoms with van der Waals surface area (Å²) in [5.41, 5.74) is 0. The molecule has 0 heterocycles. The lowest BCUT2D eigenvalue weighted by Gasteiger charge is -2.14. The van der Waals surface area contributed by atoms with Gasteiger partial charge in [0.1, 0.15) is 0 Å². The molecule has 0 unspecified atom stereocenters. The van der Waals surface area contributed by atoms with Crippen LogP contribution in [0.3, 0.4) is 0 Å². The summed E-state index contributed by atoms with van der Waals surface area (Å²) in [5.74, 6) is -0.364. The molecule has 0 spiro atoms. The third-order valence-corrected chi connectivity index (χ3v) is 1.49. The molecule has 0 aliphatic carbocycles. The topological polar surface area (TPSA) is 44.8 Å². The second kappa shape index (κ2) is 8.72. The van der Waals surface area contributed by atoms with E-state index in [9.17, 15) is 4.79 Å². The van der Waals surface area contributed by atoms with Crippen molar-refractivity contribution in [2.24, 2.45) is 0 Å². The van der Waals surface area contributed by atoms with E-state index in [0.717, 1.165) is 0 Å². The van der Waals surface area contributed by atoms with Gasteiger partial charge in [-0.1, -0.05) is 6.08 Å². The number of methoxy groups -OCH3 is 1. The molecule has 0 aliphatic heterocycles. The monoisotopic (exact) mass is 202 g/mol. The summed E-state index contributed by atoms with van der Waals surface area (Å²) in [7, 11) is 1.34. The first-order valence-corrected chi connectivity index (χ1v) is 4.72.